The van der Waals surface area contributed by atoms with Crippen molar-refractivity contribution in [1.29, 1.82) is 0 Å². The van der Waals surface area contributed by atoms with Crippen LogP contribution in [0.4, 0.5) is 0 Å². The molecule has 0 aromatic rings. The molecule has 0 aliphatic carbocycles. The van der Waals surface area contributed by atoms with Gasteiger partial charge in [-0.05, 0) is 13.1 Å². The van der Waals surface area contributed by atoms with E-state index < -0.39 is 0 Å². The van der Waals surface area contributed by atoms with Crippen LogP contribution in [0.15, 0.2) is 0 Å². The number of nitrogens with zero attached hydrogens (tertiary/aromatic N) is 1. The third kappa shape index (κ3) is 4.43. The van der Waals surface area contributed by atoms with Crippen LogP contribution in [0.25, 0.3) is 0 Å². The van der Waals surface area contributed by atoms with Crippen LogP contribution in [0, 0.1) is 7.05 Å². The molecular formula is C7H17N2. The van der Waals surface area contributed by atoms with Crippen LogP contribution in [0.2, 0.25) is 0 Å². The Hall–Kier alpha value is -0.0800. The van der Waals surface area contributed by atoms with Crippen molar-refractivity contribution in [3.63, 3.8) is 0 Å². The normalized spacial score (nSPS) is 10.7. The molecule has 0 saturated carbocycles. The zero-order valence-electron chi connectivity index (χ0n) is 6.48. The van der Waals surface area contributed by atoms with Gasteiger partial charge in [-0.25, -0.2) is 0 Å². The molecule has 0 aliphatic heterocycles. The van der Waals surface area contributed by atoms with Gasteiger partial charge in [0, 0.05) is 20.1 Å². The highest BCUT2D eigenvalue weighted by Gasteiger charge is 1.94. The van der Waals surface area contributed by atoms with Crippen molar-refractivity contribution in [3.8, 4) is 0 Å². The van der Waals surface area contributed by atoms with Crippen LogP contribution >= 0.6 is 0 Å². The van der Waals surface area contributed by atoms with E-state index in [-0.39, 0.29) is 0 Å². The van der Waals surface area contributed by atoms with Crippen molar-refractivity contribution in [2.45, 2.75) is 13.8 Å². The lowest BCUT2D eigenvalue weighted by molar-refractivity contribution is 0.307. The molecule has 0 atom stereocenters. The average molecular weight is 129 g/mol. The first kappa shape index (κ1) is 8.92. The summed E-state index contributed by atoms with van der Waals surface area (Å²) in [6.45, 7) is 8.72. The summed E-state index contributed by atoms with van der Waals surface area (Å²) in [6.07, 6.45) is 0. The Morgan fingerprint density at radius 2 is 1.89 bits per heavy atom. The van der Waals surface area contributed by atoms with Gasteiger partial charge in [-0.3, -0.25) is 0 Å². The van der Waals surface area contributed by atoms with Gasteiger partial charge in [-0.1, -0.05) is 13.8 Å². The Labute approximate surface area is 58.2 Å². The molecule has 0 aromatic carbocycles. The van der Waals surface area contributed by atoms with Gasteiger partial charge in [0.1, 0.15) is 0 Å². The van der Waals surface area contributed by atoms with E-state index in [9.17, 15) is 0 Å². The summed E-state index contributed by atoms with van der Waals surface area (Å²) in [5.74, 6) is 0. The second-order valence-electron chi connectivity index (χ2n) is 2.03. The topological polar surface area (TPSA) is 15.3 Å². The summed E-state index contributed by atoms with van der Waals surface area (Å²) in [7, 11) is 3.55. The molecule has 0 aromatic heterocycles. The van der Waals surface area contributed by atoms with Crippen molar-refractivity contribution in [3.05, 3.63) is 7.05 Å². The molecule has 0 fully saturated rings. The molecule has 0 rings (SSSR count). The van der Waals surface area contributed by atoms with E-state index >= 15 is 0 Å². The van der Waals surface area contributed by atoms with E-state index in [4.69, 9.17) is 0 Å². The molecule has 2 nitrogen and oxygen atoms in total. The van der Waals surface area contributed by atoms with Crippen LogP contribution in [0.1, 0.15) is 13.8 Å². The minimum Gasteiger partial charge on any atom is -0.314 e. The fraction of sp³-hybridized carbons (Fsp3) is 0.857. The van der Waals surface area contributed by atoms with Gasteiger partial charge in [0.15, 0.2) is 0 Å². The minimum absolute atomic E-state index is 0.988. The first-order valence-corrected chi connectivity index (χ1v) is 3.57. The van der Waals surface area contributed by atoms with E-state index in [0.717, 1.165) is 26.2 Å². The monoisotopic (exact) mass is 129 g/mol. The third-order valence-electron chi connectivity index (χ3n) is 1.50. The van der Waals surface area contributed by atoms with Crippen LogP contribution in [0.3, 0.4) is 0 Å². The molecule has 2 heteroatoms. The second-order valence-corrected chi connectivity index (χ2v) is 2.03. The molecule has 0 unspecified atom stereocenters. The average Bonchev–Trinajstić information content (AvgIpc) is 1.91. The molecule has 0 bridgehead atoms. The second kappa shape index (κ2) is 6.05. The van der Waals surface area contributed by atoms with E-state index in [1.165, 1.54) is 0 Å². The number of nitrogens with one attached hydrogen (secondary N) is 1. The molecule has 0 amide bonds. The quantitative estimate of drug-likeness (QED) is 0.588. The number of rotatable bonds is 5. The van der Waals surface area contributed by atoms with Gasteiger partial charge in [0.05, 0.1) is 0 Å². The van der Waals surface area contributed by atoms with Gasteiger partial charge < -0.3 is 10.2 Å². The fourth-order valence-electron chi connectivity index (χ4n) is 0.777. The Morgan fingerprint density at radius 3 is 2.22 bits per heavy atom. The lowest BCUT2D eigenvalue weighted by Gasteiger charge is -2.16. The third-order valence-corrected chi connectivity index (χ3v) is 1.50. The summed E-state index contributed by atoms with van der Waals surface area (Å²) in [6, 6.07) is 0. The van der Waals surface area contributed by atoms with Crippen molar-refractivity contribution >= 4 is 0 Å². The standard InChI is InChI=1S/C7H17N2/c1-4-9(5-2)7-6-8-3/h8H,3-7H2,1-2H3. The molecule has 1 radical (unpaired) electrons. The van der Waals surface area contributed by atoms with Crippen molar-refractivity contribution in [2.24, 2.45) is 0 Å². The lowest BCUT2D eigenvalue weighted by atomic mass is 10.5. The maximum atomic E-state index is 3.55. The molecule has 0 spiro atoms. The SMILES string of the molecule is [CH2]NCCN(CC)CC. The van der Waals surface area contributed by atoms with E-state index in [0.29, 0.717) is 0 Å². The molecule has 0 saturated heterocycles. The van der Waals surface area contributed by atoms with Crippen molar-refractivity contribution in [1.82, 2.24) is 10.2 Å². The van der Waals surface area contributed by atoms with E-state index in [1.807, 2.05) is 0 Å². The van der Waals surface area contributed by atoms with Crippen LogP contribution < -0.4 is 5.32 Å². The number of hydrogen-bond donors (Lipinski definition) is 1. The zero-order valence-corrected chi connectivity index (χ0v) is 6.48. The van der Waals surface area contributed by atoms with Crippen molar-refractivity contribution < 1.29 is 0 Å². The van der Waals surface area contributed by atoms with Gasteiger partial charge in [0.2, 0.25) is 0 Å². The summed E-state index contributed by atoms with van der Waals surface area (Å²) in [4.78, 5) is 2.36. The largest absolute Gasteiger partial charge is 0.314 e. The van der Waals surface area contributed by atoms with Crippen LogP contribution in [-0.4, -0.2) is 31.1 Å². The highest BCUT2D eigenvalue weighted by atomic mass is 15.1. The lowest BCUT2D eigenvalue weighted by Crippen LogP contribution is -2.29. The van der Waals surface area contributed by atoms with Gasteiger partial charge in [-0.15, -0.1) is 0 Å². The predicted octanol–water partition coefficient (Wildman–Crippen LogP) is 0.709. The molecule has 1 N–H and O–H groups in total. The maximum Gasteiger partial charge on any atom is 0.0107 e. The first-order chi connectivity index (χ1) is 4.35. The Kier molecular flexibility index (Phi) is 5.99. The number of hydrogen-bond acceptors (Lipinski definition) is 2. The van der Waals surface area contributed by atoms with Gasteiger partial charge in [-0.2, -0.15) is 0 Å². The van der Waals surface area contributed by atoms with Gasteiger partial charge in [0.25, 0.3) is 0 Å². The predicted molar refractivity (Wildman–Crippen MR) is 41.1 cm³/mol. The molecule has 0 heterocycles. The number of likely N-dealkylation sites (N-methyl/N-ethyl adjacent to an activating group) is 1. The van der Waals surface area contributed by atoms with Crippen molar-refractivity contribution in [2.75, 3.05) is 26.2 Å². The summed E-state index contributed by atoms with van der Waals surface area (Å²) in [5, 5.41) is 2.88. The Balaban J connectivity index is 3.09. The summed E-state index contributed by atoms with van der Waals surface area (Å²) in [5.41, 5.74) is 0. The molecule has 9 heavy (non-hydrogen) atoms. The highest BCUT2D eigenvalue weighted by molar-refractivity contribution is 4.53. The fourth-order valence-corrected chi connectivity index (χ4v) is 0.777. The molecular weight excluding hydrogens is 112 g/mol. The highest BCUT2D eigenvalue weighted by Crippen LogP contribution is 1.82. The maximum absolute atomic E-state index is 3.55. The van der Waals surface area contributed by atoms with Gasteiger partial charge >= 0.3 is 0 Å². The van der Waals surface area contributed by atoms with Crippen LogP contribution in [-0.2, 0) is 0 Å². The Bertz CT molecular complexity index is 50.9. The Morgan fingerprint density at radius 1 is 1.33 bits per heavy atom. The zero-order chi connectivity index (χ0) is 7.11. The minimum atomic E-state index is 0.988. The van der Waals surface area contributed by atoms with E-state index in [1.54, 1.807) is 0 Å². The van der Waals surface area contributed by atoms with Crippen LogP contribution in [0.5, 0.6) is 0 Å². The smallest absolute Gasteiger partial charge is 0.0107 e. The molecule has 0 aliphatic rings. The molecule has 55 valence electrons. The summed E-state index contributed by atoms with van der Waals surface area (Å²) < 4.78 is 0. The van der Waals surface area contributed by atoms with E-state index in [2.05, 4.69) is 31.1 Å². The first-order valence-electron chi connectivity index (χ1n) is 3.57. The summed E-state index contributed by atoms with van der Waals surface area (Å²) >= 11 is 0.